The molecule has 29 heavy (non-hydrogen) atoms. The Bertz CT molecular complexity index is 902. The number of ether oxygens (including phenoxy) is 1. The van der Waals surface area contributed by atoms with E-state index in [1.807, 2.05) is 49.4 Å². The number of esters is 1. The Hall–Kier alpha value is -2.95. The molecule has 152 valence electrons. The number of amides is 1. The van der Waals surface area contributed by atoms with Gasteiger partial charge in [0, 0.05) is 18.5 Å². The molecule has 0 radical (unpaired) electrons. The molecule has 0 heterocycles. The topological polar surface area (TPSA) is 72.5 Å². The van der Waals surface area contributed by atoms with Crippen LogP contribution in [0, 0.1) is 6.92 Å². The molecule has 0 aromatic heterocycles. The molecule has 2 aromatic carbocycles. The van der Waals surface area contributed by atoms with Crippen LogP contribution in [0.5, 0.6) is 0 Å². The lowest BCUT2D eigenvalue weighted by atomic mass is 10.0. The van der Waals surface area contributed by atoms with Gasteiger partial charge in [0.1, 0.15) is 0 Å². The molecule has 5 nitrogen and oxygen atoms in total. The number of rotatable bonds is 8. The van der Waals surface area contributed by atoms with Gasteiger partial charge in [-0.25, -0.2) is 0 Å². The van der Waals surface area contributed by atoms with Gasteiger partial charge in [-0.1, -0.05) is 42.0 Å². The summed E-state index contributed by atoms with van der Waals surface area (Å²) in [6.45, 7) is 3.90. The minimum Gasteiger partial charge on any atom is -0.453 e. The largest absolute Gasteiger partial charge is 0.453 e. The fourth-order valence-electron chi connectivity index (χ4n) is 3.45. The van der Waals surface area contributed by atoms with Crippen molar-refractivity contribution >= 4 is 17.7 Å². The summed E-state index contributed by atoms with van der Waals surface area (Å²) in [7, 11) is 0. The second-order valence-corrected chi connectivity index (χ2v) is 7.60. The molecule has 0 saturated heterocycles. The van der Waals surface area contributed by atoms with Gasteiger partial charge < -0.3 is 10.1 Å². The normalized spacial score (nSPS) is 13.4. The van der Waals surface area contributed by atoms with Crippen molar-refractivity contribution in [2.45, 2.75) is 58.6 Å². The predicted octanol–water partition coefficient (Wildman–Crippen LogP) is 3.69. The average Bonchev–Trinajstić information content (AvgIpc) is 3.19. The van der Waals surface area contributed by atoms with Gasteiger partial charge in [0.05, 0.1) is 6.42 Å². The fraction of sp³-hybridized carbons (Fsp3) is 0.375. The molecule has 2 aromatic rings. The number of aryl methyl sites for hydroxylation is 3. The number of fused-ring (bicyclic) bond motifs is 1. The van der Waals surface area contributed by atoms with Crippen LogP contribution in [-0.4, -0.2) is 23.8 Å². The fourth-order valence-corrected chi connectivity index (χ4v) is 3.45. The van der Waals surface area contributed by atoms with Crippen LogP contribution in [0.25, 0.3) is 0 Å². The molecule has 0 unspecified atom stereocenters. The summed E-state index contributed by atoms with van der Waals surface area (Å²) in [6, 6.07) is 13.6. The third-order valence-corrected chi connectivity index (χ3v) is 5.24. The molecular formula is C24H27NO4. The Morgan fingerprint density at radius 3 is 2.48 bits per heavy atom. The quantitative estimate of drug-likeness (QED) is 0.548. The van der Waals surface area contributed by atoms with Crippen molar-refractivity contribution in [1.29, 1.82) is 0 Å². The van der Waals surface area contributed by atoms with Crippen LogP contribution in [0.1, 0.15) is 58.8 Å². The number of hydrogen-bond donors (Lipinski definition) is 1. The molecule has 1 amide bonds. The van der Waals surface area contributed by atoms with Gasteiger partial charge in [0.2, 0.25) is 0 Å². The zero-order chi connectivity index (χ0) is 20.8. The molecule has 1 aliphatic carbocycles. The van der Waals surface area contributed by atoms with Gasteiger partial charge in [-0.3, -0.25) is 14.4 Å². The van der Waals surface area contributed by atoms with Gasteiger partial charge in [0.25, 0.3) is 5.91 Å². The maximum absolute atomic E-state index is 12.4. The minimum absolute atomic E-state index is 0.0362. The van der Waals surface area contributed by atoms with E-state index in [2.05, 4.69) is 5.32 Å². The number of ketones is 1. The molecule has 1 atom stereocenters. The number of carbonyl (C=O) groups is 3. The number of Topliss-reactive ketones (excluding diaryl/α,β-unsaturated/α-hetero) is 1. The van der Waals surface area contributed by atoms with E-state index >= 15 is 0 Å². The first-order chi connectivity index (χ1) is 13.9. The summed E-state index contributed by atoms with van der Waals surface area (Å²) >= 11 is 0. The summed E-state index contributed by atoms with van der Waals surface area (Å²) in [5.74, 6) is -0.977. The number of hydrogen-bond acceptors (Lipinski definition) is 4. The average molecular weight is 393 g/mol. The summed E-state index contributed by atoms with van der Waals surface area (Å²) < 4.78 is 5.18. The van der Waals surface area contributed by atoms with E-state index in [-0.39, 0.29) is 24.5 Å². The molecule has 0 fully saturated rings. The van der Waals surface area contributed by atoms with Crippen molar-refractivity contribution < 1.29 is 19.1 Å². The van der Waals surface area contributed by atoms with Crippen LogP contribution >= 0.6 is 0 Å². The van der Waals surface area contributed by atoms with Crippen molar-refractivity contribution in [3.05, 3.63) is 70.3 Å². The van der Waals surface area contributed by atoms with Crippen LogP contribution < -0.4 is 5.32 Å². The molecule has 5 heteroatoms. The SMILES string of the molecule is Cc1ccc(CNC(=O)[C@H](C)OC(=O)CCC(=O)c2ccc3c(c2)CCC3)cc1. The van der Waals surface area contributed by atoms with Crippen molar-refractivity contribution in [2.75, 3.05) is 0 Å². The van der Waals surface area contributed by atoms with E-state index in [4.69, 9.17) is 4.74 Å². The van der Waals surface area contributed by atoms with E-state index < -0.39 is 12.1 Å². The van der Waals surface area contributed by atoms with Gasteiger partial charge in [0.15, 0.2) is 11.9 Å². The minimum atomic E-state index is -0.900. The Balaban J connectivity index is 1.41. The number of carbonyl (C=O) groups excluding carboxylic acids is 3. The maximum Gasteiger partial charge on any atom is 0.307 e. The lowest BCUT2D eigenvalue weighted by Gasteiger charge is -2.13. The molecular weight excluding hydrogens is 366 g/mol. The van der Waals surface area contributed by atoms with Crippen LogP contribution in [0.15, 0.2) is 42.5 Å². The lowest BCUT2D eigenvalue weighted by molar-refractivity contribution is -0.154. The van der Waals surface area contributed by atoms with Gasteiger partial charge in [-0.15, -0.1) is 0 Å². The van der Waals surface area contributed by atoms with Crippen LogP contribution in [0.3, 0.4) is 0 Å². The highest BCUT2D eigenvalue weighted by Gasteiger charge is 2.19. The van der Waals surface area contributed by atoms with E-state index in [1.165, 1.54) is 18.1 Å². The van der Waals surface area contributed by atoms with Crippen LogP contribution in [-0.2, 0) is 33.7 Å². The van der Waals surface area contributed by atoms with Crippen molar-refractivity contribution in [3.63, 3.8) is 0 Å². The molecule has 1 N–H and O–H groups in total. The van der Waals surface area contributed by atoms with Gasteiger partial charge in [-0.2, -0.15) is 0 Å². The van der Waals surface area contributed by atoms with Gasteiger partial charge >= 0.3 is 5.97 Å². The predicted molar refractivity (Wildman–Crippen MR) is 111 cm³/mol. The van der Waals surface area contributed by atoms with Crippen molar-refractivity contribution in [2.24, 2.45) is 0 Å². The third kappa shape index (κ3) is 5.76. The Labute approximate surface area is 171 Å². The summed E-state index contributed by atoms with van der Waals surface area (Å²) in [5.41, 5.74) is 5.31. The van der Waals surface area contributed by atoms with Crippen molar-refractivity contribution in [3.8, 4) is 0 Å². The Morgan fingerprint density at radius 2 is 1.72 bits per heavy atom. The number of nitrogens with one attached hydrogen (secondary N) is 1. The second kappa shape index (κ2) is 9.50. The van der Waals surface area contributed by atoms with E-state index in [1.54, 1.807) is 0 Å². The molecule has 0 saturated carbocycles. The third-order valence-electron chi connectivity index (χ3n) is 5.24. The molecule has 0 bridgehead atoms. The van der Waals surface area contributed by atoms with Crippen LogP contribution in [0.2, 0.25) is 0 Å². The molecule has 1 aliphatic rings. The highest BCUT2D eigenvalue weighted by molar-refractivity contribution is 5.98. The summed E-state index contributed by atoms with van der Waals surface area (Å²) in [4.78, 5) is 36.5. The molecule has 0 aliphatic heterocycles. The zero-order valence-corrected chi connectivity index (χ0v) is 17.0. The first kappa shape index (κ1) is 20.8. The monoisotopic (exact) mass is 393 g/mol. The van der Waals surface area contributed by atoms with E-state index in [0.717, 1.165) is 30.4 Å². The number of benzene rings is 2. The second-order valence-electron chi connectivity index (χ2n) is 7.60. The first-order valence-corrected chi connectivity index (χ1v) is 10.1. The molecule has 3 rings (SSSR count). The zero-order valence-electron chi connectivity index (χ0n) is 17.0. The van der Waals surface area contributed by atoms with Crippen molar-refractivity contribution in [1.82, 2.24) is 5.32 Å². The highest BCUT2D eigenvalue weighted by Crippen LogP contribution is 2.23. The first-order valence-electron chi connectivity index (χ1n) is 10.1. The Kier molecular flexibility index (Phi) is 6.81. The van der Waals surface area contributed by atoms with Gasteiger partial charge in [-0.05, 0) is 55.9 Å². The van der Waals surface area contributed by atoms with Crippen LogP contribution in [0.4, 0.5) is 0 Å². The molecule has 0 spiro atoms. The Morgan fingerprint density at radius 1 is 1.00 bits per heavy atom. The standard InChI is InChI=1S/C24H27NO4/c1-16-6-8-18(9-7-16)15-25-24(28)17(2)29-23(27)13-12-22(26)21-11-10-19-4-3-5-20(19)14-21/h6-11,14,17H,3-5,12-13,15H2,1-2H3,(H,25,28)/t17-/m0/s1. The van der Waals surface area contributed by atoms with E-state index in [0.29, 0.717) is 12.1 Å². The maximum atomic E-state index is 12.4. The summed E-state index contributed by atoms with van der Waals surface area (Å²) in [5, 5.41) is 2.76. The van der Waals surface area contributed by atoms with E-state index in [9.17, 15) is 14.4 Å². The smallest absolute Gasteiger partial charge is 0.307 e. The lowest BCUT2D eigenvalue weighted by Crippen LogP contribution is -2.35. The highest BCUT2D eigenvalue weighted by atomic mass is 16.5. The summed E-state index contributed by atoms with van der Waals surface area (Å²) in [6.07, 6.45) is 2.35.